The predicted octanol–water partition coefficient (Wildman–Crippen LogP) is 1.75. The van der Waals surface area contributed by atoms with Gasteiger partial charge < -0.3 is 9.47 Å². The number of amides is 1. The van der Waals surface area contributed by atoms with Crippen LogP contribution in [-0.2, 0) is 9.53 Å². The lowest BCUT2D eigenvalue weighted by atomic mass is 10.2. The summed E-state index contributed by atoms with van der Waals surface area (Å²) in [5.74, 6) is -0.363. The van der Waals surface area contributed by atoms with E-state index in [2.05, 4.69) is 15.3 Å². The fourth-order valence-corrected chi connectivity index (χ4v) is 1.01. The monoisotopic (exact) mass is 253 g/mol. The maximum absolute atomic E-state index is 11.5. The third-order valence-corrected chi connectivity index (χ3v) is 1.49. The summed E-state index contributed by atoms with van der Waals surface area (Å²) >= 11 is 0. The minimum atomic E-state index is -0.656. The van der Waals surface area contributed by atoms with Crippen LogP contribution in [0.15, 0.2) is 12.4 Å². The van der Waals surface area contributed by atoms with E-state index in [1.807, 2.05) is 0 Å². The number of hydrogen-bond donors (Lipinski definition) is 1. The Balaban J connectivity index is 2.67. The quantitative estimate of drug-likeness (QED) is 0.807. The van der Waals surface area contributed by atoms with Crippen molar-refractivity contribution in [1.82, 2.24) is 9.97 Å². The van der Waals surface area contributed by atoms with Gasteiger partial charge >= 0.3 is 12.1 Å². The van der Waals surface area contributed by atoms with Crippen LogP contribution < -0.4 is 10.1 Å². The first-order chi connectivity index (χ1) is 8.26. The van der Waals surface area contributed by atoms with Crippen LogP contribution >= 0.6 is 0 Å². The Labute approximate surface area is 105 Å². The summed E-state index contributed by atoms with van der Waals surface area (Å²) in [6, 6.07) is 0. The van der Waals surface area contributed by atoms with Gasteiger partial charge in [-0.25, -0.2) is 4.79 Å². The summed E-state index contributed by atoms with van der Waals surface area (Å²) in [6.07, 6.45) is 1.93. The van der Waals surface area contributed by atoms with Crippen LogP contribution in [0.3, 0.4) is 0 Å². The minimum Gasteiger partial charge on any atom is -0.444 e. The Morgan fingerprint density at radius 3 is 2.50 bits per heavy atom. The second-order valence-corrected chi connectivity index (χ2v) is 4.46. The molecule has 0 saturated carbocycles. The second kappa shape index (κ2) is 5.44. The van der Waals surface area contributed by atoms with E-state index in [9.17, 15) is 9.59 Å². The average Bonchev–Trinajstić information content (AvgIpc) is 2.13. The molecule has 0 bridgehead atoms. The molecule has 0 aliphatic rings. The number of rotatable bonds is 2. The zero-order valence-electron chi connectivity index (χ0n) is 10.7. The van der Waals surface area contributed by atoms with Crippen LogP contribution in [0.4, 0.5) is 10.6 Å². The van der Waals surface area contributed by atoms with Crippen molar-refractivity contribution in [2.75, 3.05) is 5.32 Å². The van der Waals surface area contributed by atoms with Crippen molar-refractivity contribution >= 4 is 17.9 Å². The van der Waals surface area contributed by atoms with Crippen molar-refractivity contribution in [3.63, 3.8) is 0 Å². The number of carbonyl (C=O) groups is 2. The molecule has 1 heterocycles. The molecule has 98 valence electrons. The van der Waals surface area contributed by atoms with Crippen LogP contribution in [0, 0.1) is 0 Å². The summed E-state index contributed by atoms with van der Waals surface area (Å²) in [4.78, 5) is 29.8. The van der Waals surface area contributed by atoms with E-state index in [4.69, 9.17) is 9.47 Å². The normalized spacial score (nSPS) is 10.7. The van der Waals surface area contributed by atoms with Gasteiger partial charge in [-0.1, -0.05) is 0 Å². The number of aromatic nitrogens is 2. The van der Waals surface area contributed by atoms with E-state index in [1.165, 1.54) is 19.3 Å². The molecule has 18 heavy (non-hydrogen) atoms. The van der Waals surface area contributed by atoms with Gasteiger partial charge in [-0.15, -0.1) is 0 Å². The maximum atomic E-state index is 11.5. The number of anilines is 1. The number of nitrogens with one attached hydrogen (secondary N) is 1. The fourth-order valence-electron chi connectivity index (χ4n) is 1.01. The van der Waals surface area contributed by atoms with Crippen LogP contribution in [0.5, 0.6) is 5.88 Å². The molecule has 0 aliphatic carbocycles. The van der Waals surface area contributed by atoms with Crippen molar-refractivity contribution in [2.45, 2.75) is 33.3 Å². The van der Waals surface area contributed by atoms with Crippen LogP contribution in [0.2, 0.25) is 0 Å². The molecule has 0 unspecified atom stereocenters. The summed E-state index contributed by atoms with van der Waals surface area (Å²) in [7, 11) is 0. The van der Waals surface area contributed by atoms with Crippen LogP contribution in [-0.4, -0.2) is 27.6 Å². The fraction of sp³-hybridized carbons (Fsp3) is 0.455. The molecule has 0 aromatic carbocycles. The Morgan fingerprint density at radius 2 is 1.94 bits per heavy atom. The molecule has 0 radical (unpaired) electrons. The van der Waals surface area contributed by atoms with E-state index >= 15 is 0 Å². The predicted molar refractivity (Wildman–Crippen MR) is 63.2 cm³/mol. The third-order valence-electron chi connectivity index (χ3n) is 1.49. The van der Waals surface area contributed by atoms with E-state index in [0.717, 1.165) is 0 Å². The molecule has 1 amide bonds. The van der Waals surface area contributed by atoms with Gasteiger partial charge in [-0.3, -0.25) is 15.1 Å². The number of carbonyl (C=O) groups excluding carboxylic acids is 2. The number of nitrogens with zero attached hydrogens (tertiary/aromatic N) is 2. The maximum Gasteiger partial charge on any atom is 0.413 e. The Kier molecular flexibility index (Phi) is 4.19. The topological polar surface area (TPSA) is 90.4 Å². The SMILES string of the molecule is CC(=O)Oc1cncc(NC(=O)OC(C)(C)C)n1. The summed E-state index contributed by atoms with van der Waals surface area (Å²) in [5, 5.41) is 2.39. The highest BCUT2D eigenvalue weighted by Crippen LogP contribution is 2.12. The van der Waals surface area contributed by atoms with Gasteiger partial charge in [0.25, 0.3) is 0 Å². The van der Waals surface area contributed by atoms with Crippen molar-refractivity contribution in [3.05, 3.63) is 12.4 Å². The lowest BCUT2D eigenvalue weighted by Gasteiger charge is -2.19. The van der Waals surface area contributed by atoms with Gasteiger partial charge in [-0.2, -0.15) is 4.98 Å². The molecule has 7 nitrogen and oxygen atoms in total. The lowest BCUT2D eigenvalue weighted by Crippen LogP contribution is -2.27. The summed E-state index contributed by atoms with van der Waals surface area (Å²) in [5.41, 5.74) is -0.606. The third kappa shape index (κ3) is 5.24. The Bertz CT molecular complexity index is 454. The van der Waals surface area contributed by atoms with Gasteiger partial charge in [0.05, 0.1) is 12.4 Å². The van der Waals surface area contributed by atoms with Gasteiger partial charge in [0.1, 0.15) is 5.60 Å². The van der Waals surface area contributed by atoms with E-state index in [1.54, 1.807) is 20.8 Å². The van der Waals surface area contributed by atoms with E-state index in [0.29, 0.717) is 0 Å². The number of ether oxygens (including phenoxy) is 2. The summed E-state index contributed by atoms with van der Waals surface area (Å²) < 4.78 is 9.77. The van der Waals surface area contributed by atoms with Crippen LogP contribution in [0.1, 0.15) is 27.7 Å². The molecule has 0 saturated heterocycles. The van der Waals surface area contributed by atoms with Gasteiger partial charge in [0.15, 0.2) is 5.82 Å². The first kappa shape index (κ1) is 13.9. The van der Waals surface area contributed by atoms with Gasteiger partial charge in [0, 0.05) is 6.92 Å². The van der Waals surface area contributed by atoms with Crippen molar-refractivity contribution in [2.24, 2.45) is 0 Å². The highest BCUT2D eigenvalue weighted by atomic mass is 16.6. The van der Waals surface area contributed by atoms with E-state index < -0.39 is 17.7 Å². The van der Waals surface area contributed by atoms with Crippen molar-refractivity contribution in [3.8, 4) is 5.88 Å². The zero-order valence-corrected chi connectivity index (χ0v) is 10.7. The highest BCUT2D eigenvalue weighted by molar-refractivity contribution is 5.83. The highest BCUT2D eigenvalue weighted by Gasteiger charge is 2.16. The van der Waals surface area contributed by atoms with Crippen LogP contribution in [0.25, 0.3) is 0 Å². The molecule has 0 fully saturated rings. The molecule has 0 aliphatic heterocycles. The Hall–Kier alpha value is -2.18. The average molecular weight is 253 g/mol. The van der Waals surface area contributed by atoms with Gasteiger partial charge in [-0.05, 0) is 20.8 Å². The lowest BCUT2D eigenvalue weighted by molar-refractivity contribution is -0.132. The molecule has 0 atom stereocenters. The molecule has 7 heteroatoms. The molecular weight excluding hydrogens is 238 g/mol. The molecular formula is C11H15N3O4. The zero-order chi connectivity index (χ0) is 13.8. The number of esters is 1. The molecule has 0 spiro atoms. The first-order valence-electron chi connectivity index (χ1n) is 5.27. The molecule has 1 aromatic heterocycles. The number of hydrogen-bond acceptors (Lipinski definition) is 6. The smallest absolute Gasteiger partial charge is 0.413 e. The van der Waals surface area contributed by atoms with Crippen molar-refractivity contribution < 1.29 is 19.1 Å². The second-order valence-electron chi connectivity index (χ2n) is 4.46. The largest absolute Gasteiger partial charge is 0.444 e. The Morgan fingerprint density at radius 1 is 1.28 bits per heavy atom. The molecule has 1 N–H and O–H groups in total. The van der Waals surface area contributed by atoms with Gasteiger partial charge in [0.2, 0.25) is 5.88 Å². The first-order valence-corrected chi connectivity index (χ1v) is 5.27. The summed E-state index contributed by atoms with van der Waals surface area (Å²) in [6.45, 7) is 6.48. The minimum absolute atomic E-state index is 0.0102. The molecule has 1 aromatic rings. The standard InChI is InChI=1S/C11H15N3O4/c1-7(15)17-9-6-12-5-8(13-9)14-10(16)18-11(2,3)4/h5-6H,1-4H3,(H,13,14,16). The molecule has 1 rings (SSSR count). The van der Waals surface area contributed by atoms with Crippen molar-refractivity contribution in [1.29, 1.82) is 0 Å². The van der Waals surface area contributed by atoms with E-state index in [-0.39, 0.29) is 11.7 Å².